The van der Waals surface area contributed by atoms with Gasteiger partial charge in [-0.15, -0.1) is 0 Å². The summed E-state index contributed by atoms with van der Waals surface area (Å²) in [5.74, 6) is -0.442. The fraction of sp³-hybridized carbons (Fsp3) is 0.714. The van der Waals surface area contributed by atoms with Crippen molar-refractivity contribution in [1.29, 1.82) is 10.5 Å². The molecule has 0 spiro atoms. The van der Waals surface area contributed by atoms with E-state index in [1.807, 2.05) is 31.1 Å². The lowest BCUT2D eigenvalue weighted by atomic mass is 10.1. The van der Waals surface area contributed by atoms with Crippen molar-refractivity contribution in [2.75, 3.05) is 20.6 Å². The molecule has 0 radical (unpaired) electrons. The summed E-state index contributed by atoms with van der Waals surface area (Å²) in [4.78, 5) is 1.96. The summed E-state index contributed by atoms with van der Waals surface area (Å²) in [5.41, 5.74) is 0. The van der Waals surface area contributed by atoms with E-state index in [-0.39, 0.29) is 0 Å². The molecule has 0 fully saturated rings. The molecule has 0 heterocycles. The van der Waals surface area contributed by atoms with Crippen LogP contribution in [-0.4, -0.2) is 25.5 Å². The second kappa shape index (κ2) is 4.78. The van der Waals surface area contributed by atoms with Crippen LogP contribution in [0.15, 0.2) is 0 Å². The number of rotatable bonds is 3. The van der Waals surface area contributed by atoms with Crippen molar-refractivity contribution in [2.24, 2.45) is 5.92 Å². The fourth-order valence-corrected chi connectivity index (χ4v) is 0.545. The molecule has 0 amide bonds. The van der Waals surface area contributed by atoms with E-state index < -0.39 is 5.92 Å². The van der Waals surface area contributed by atoms with Crippen LogP contribution in [0.2, 0.25) is 0 Å². The highest BCUT2D eigenvalue weighted by atomic mass is 15.0. The zero-order valence-electron chi connectivity index (χ0n) is 6.33. The van der Waals surface area contributed by atoms with Crippen LogP contribution in [0.5, 0.6) is 0 Å². The first-order chi connectivity index (χ1) is 4.70. The molecule has 0 saturated heterocycles. The third-order valence-corrected chi connectivity index (χ3v) is 1.18. The van der Waals surface area contributed by atoms with Gasteiger partial charge >= 0.3 is 0 Å². The highest BCUT2D eigenvalue weighted by Gasteiger charge is 2.04. The second-order valence-corrected chi connectivity index (χ2v) is 2.40. The van der Waals surface area contributed by atoms with Crippen molar-refractivity contribution in [1.82, 2.24) is 4.90 Å². The van der Waals surface area contributed by atoms with E-state index in [4.69, 9.17) is 10.5 Å². The summed E-state index contributed by atoms with van der Waals surface area (Å²) < 4.78 is 0. The molecule has 3 nitrogen and oxygen atoms in total. The Balaban J connectivity index is 3.51. The van der Waals surface area contributed by atoms with Gasteiger partial charge in [-0.3, -0.25) is 0 Å². The Morgan fingerprint density at radius 3 is 2.10 bits per heavy atom. The highest BCUT2D eigenvalue weighted by molar-refractivity contribution is 4.98. The zero-order valence-corrected chi connectivity index (χ0v) is 6.33. The maximum absolute atomic E-state index is 8.35. The van der Waals surface area contributed by atoms with Crippen LogP contribution in [-0.2, 0) is 0 Å². The minimum absolute atomic E-state index is 0.442. The first-order valence-corrected chi connectivity index (χ1v) is 3.14. The molecule has 0 unspecified atom stereocenters. The molecule has 0 bridgehead atoms. The van der Waals surface area contributed by atoms with E-state index >= 15 is 0 Å². The molecule has 0 rings (SSSR count). The number of nitriles is 2. The van der Waals surface area contributed by atoms with Gasteiger partial charge in [-0.05, 0) is 27.1 Å². The molecule has 0 saturated carbocycles. The average Bonchev–Trinajstić information content (AvgIpc) is 1.90. The quantitative estimate of drug-likeness (QED) is 0.572. The Kier molecular flexibility index (Phi) is 4.28. The highest BCUT2D eigenvalue weighted by Crippen LogP contribution is 1.98. The van der Waals surface area contributed by atoms with Gasteiger partial charge in [0.1, 0.15) is 5.92 Å². The molecular weight excluding hydrogens is 126 g/mol. The SMILES string of the molecule is CN(C)CCC(C#N)C#N. The minimum atomic E-state index is -0.442. The Bertz CT molecular complexity index is 147. The van der Waals surface area contributed by atoms with E-state index in [1.54, 1.807) is 0 Å². The molecule has 0 aliphatic rings. The molecular formula is C7H11N3. The maximum Gasteiger partial charge on any atom is 0.134 e. The molecule has 0 aliphatic carbocycles. The number of hydrogen-bond acceptors (Lipinski definition) is 3. The van der Waals surface area contributed by atoms with E-state index in [0.717, 1.165) is 6.54 Å². The van der Waals surface area contributed by atoms with Crippen LogP contribution in [0.1, 0.15) is 6.42 Å². The van der Waals surface area contributed by atoms with Crippen molar-refractivity contribution in [3.63, 3.8) is 0 Å². The summed E-state index contributed by atoms with van der Waals surface area (Å²) >= 11 is 0. The van der Waals surface area contributed by atoms with Crippen LogP contribution < -0.4 is 0 Å². The van der Waals surface area contributed by atoms with Crippen molar-refractivity contribution < 1.29 is 0 Å². The topological polar surface area (TPSA) is 50.8 Å². The van der Waals surface area contributed by atoms with Crippen molar-refractivity contribution in [3.05, 3.63) is 0 Å². The average molecular weight is 137 g/mol. The third kappa shape index (κ3) is 3.88. The Hall–Kier alpha value is -1.06. The van der Waals surface area contributed by atoms with Crippen LogP contribution >= 0.6 is 0 Å². The van der Waals surface area contributed by atoms with Crippen molar-refractivity contribution in [2.45, 2.75) is 6.42 Å². The molecule has 0 N–H and O–H groups in total. The molecule has 0 aromatic carbocycles. The number of nitrogens with zero attached hydrogens (tertiary/aromatic N) is 3. The van der Waals surface area contributed by atoms with Gasteiger partial charge in [-0.2, -0.15) is 10.5 Å². The molecule has 10 heavy (non-hydrogen) atoms. The summed E-state index contributed by atoms with van der Waals surface area (Å²) in [6, 6.07) is 3.84. The molecule has 0 aromatic rings. The van der Waals surface area contributed by atoms with Crippen LogP contribution in [0.25, 0.3) is 0 Å². The minimum Gasteiger partial charge on any atom is -0.309 e. The van der Waals surface area contributed by atoms with Crippen LogP contribution in [0, 0.1) is 28.6 Å². The molecule has 3 heteroatoms. The van der Waals surface area contributed by atoms with Gasteiger partial charge in [0.05, 0.1) is 12.1 Å². The third-order valence-electron chi connectivity index (χ3n) is 1.18. The predicted molar refractivity (Wildman–Crippen MR) is 37.9 cm³/mol. The molecule has 54 valence electrons. The maximum atomic E-state index is 8.35. The lowest BCUT2D eigenvalue weighted by Crippen LogP contribution is -2.15. The van der Waals surface area contributed by atoms with E-state index in [2.05, 4.69) is 0 Å². The first kappa shape index (κ1) is 8.94. The standard InChI is InChI=1S/C7H11N3/c1-10(2)4-3-7(5-8)6-9/h7H,3-4H2,1-2H3. The predicted octanol–water partition coefficient (Wildman–Crippen LogP) is 0.601. The van der Waals surface area contributed by atoms with Crippen molar-refractivity contribution >= 4 is 0 Å². The van der Waals surface area contributed by atoms with Gasteiger partial charge in [0.2, 0.25) is 0 Å². The lowest BCUT2D eigenvalue weighted by Gasteiger charge is -2.07. The van der Waals surface area contributed by atoms with Crippen molar-refractivity contribution in [3.8, 4) is 12.1 Å². The molecule has 0 aromatic heterocycles. The summed E-state index contributed by atoms with van der Waals surface area (Å²) in [6.45, 7) is 0.797. The largest absolute Gasteiger partial charge is 0.309 e. The van der Waals surface area contributed by atoms with Crippen LogP contribution in [0.3, 0.4) is 0 Å². The normalized spacial score (nSPS) is 9.40. The van der Waals surface area contributed by atoms with E-state index in [1.165, 1.54) is 0 Å². The lowest BCUT2D eigenvalue weighted by molar-refractivity contribution is 0.390. The first-order valence-electron chi connectivity index (χ1n) is 3.14. The van der Waals surface area contributed by atoms with Gasteiger partial charge < -0.3 is 4.90 Å². The summed E-state index contributed by atoms with van der Waals surface area (Å²) in [7, 11) is 3.84. The van der Waals surface area contributed by atoms with Gasteiger partial charge in [0.15, 0.2) is 0 Å². The van der Waals surface area contributed by atoms with Gasteiger partial charge in [0, 0.05) is 0 Å². The molecule has 0 atom stereocenters. The zero-order chi connectivity index (χ0) is 7.98. The van der Waals surface area contributed by atoms with Gasteiger partial charge in [-0.1, -0.05) is 0 Å². The Labute approximate surface area is 61.5 Å². The fourth-order valence-electron chi connectivity index (χ4n) is 0.545. The number of hydrogen-bond donors (Lipinski definition) is 0. The van der Waals surface area contributed by atoms with Crippen LogP contribution in [0.4, 0.5) is 0 Å². The van der Waals surface area contributed by atoms with Gasteiger partial charge in [-0.25, -0.2) is 0 Å². The summed E-state index contributed by atoms with van der Waals surface area (Å²) in [6.07, 6.45) is 0.639. The summed E-state index contributed by atoms with van der Waals surface area (Å²) in [5, 5.41) is 16.7. The Morgan fingerprint density at radius 2 is 1.80 bits per heavy atom. The second-order valence-electron chi connectivity index (χ2n) is 2.40. The van der Waals surface area contributed by atoms with E-state index in [0.29, 0.717) is 6.42 Å². The smallest absolute Gasteiger partial charge is 0.134 e. The van der Waals surface area contributed by atoms with Gasteiger partial charge in [0.25, 0.3) is 0 Å². The monoisotopic (exact) mass is 137 g/mol. The Morgan fingerprint density at radius 1 is 1.30 bits per heavy atom. The molecule has 0 aliphatic heterocycles. The van der Waals surface area contributed by atoms with E-state index in [9.17, 15) is 0 Å².